The zero-order valence-electron chi connectivity index (χ0n) is 11.9. The van der Waals surface area contributed by atoms with Gasteiger partial charge in [-0.1, -0.05) is 6.92 Å². The van der Waals surface area contributed by atoms with Crippen molar-refractivity contribution in [3.05, 3.63) is 29.8 Å². The monoisotopic (exact) mass is 291 g/mol. The fourth-order valence-electron chi connectivity index (χ4n) is 3.54. The molecule has 5 nitrogen and oxygen atoms in total. The number of carbonyl (C=O) groups excluding carboxylic acids is 2. The second-order valence-corrected chi connectivity index (χ2v) is 6.24. The molecule has 1 amide bonds. The SMILES string of the molecule is CC1(C(N)=O)CC1C1(C(=O)c2ccc(F)nc2)CCCN1. The largest absolute Gasteiger partial charge is 0.369 e. The molecule has 1 saturated carbocycles. The smallest absolute Gasteiger partial charge is 0.223 e. The molecular weight excluding hydrogens is 273 g/mol. The van der Waals surface area contributed by atoms with Crippen molar-refractivity contribution in [1.82, 2.24) is 10.3 Å². The van der Waals surface area contributed by atoms with Crippen LogP contribution in [0.15, 0.2) is 18.3 Å². The van der Waals surface area contributed by atoms with Crippen molar-refractivity contribution in [1.29, 1.82) is 0 Å². The highest BCUT2D eigenvalue weighted by Gasteiger charge is 2.67. The van der Waals surface area contributed by atoms with Crippen LogP contribution in [0.5, 0.6) is 0 Å². The van der Waals surface area contributed by atoms with Crippen LogP contribution in [0.2, 0.25) is 0 Å². The minimum atomic E-state index is -0.775. The Balaban J connectivity index is 1.94. The van der Waals surface area contributed by atoms with Gasteiger partial charge in [-0.15, -0.1) is 0 Å². The second-order valence-electron chi connectivity index (χ2n) is 6.24. The number of hydrogen-bond donors (Lipinski definition) is 2. The van der Waals surface area contributed by atoms with Gasteiger partial charge in [0.05, 0.1) is 11.0 Å². The van der Waals surface area contributed by atoms with E-state index in [0.29, 0.717) is 18.4 Å². The van der Waals surface area contributed by atoms with Crippen LogP contribution in [0.25, 0.3) is 0 Å². The predicted molar refractivity (Wildman–Crippen MR) is 73.9 cm³/mol. The highest BCUT2D eigenvalue weighted by Crippen LogP contribution is 2.60. The van der Waals surface area contributed by atoms with E-state index in [2.05, 4.69) is 10.3 Å². The van der Waals surface area contributed by atoms with Crippen LogP contribution in [0.1, 0.15) is 36.5 Å². The lowest BCUT2D eigenvalue weighted by Gasteiger charge is -2.30. The number of nitrogens with one attached hydrogen (secondary N) is 1. The van der Waals surface area contributed by atoms with E-state index in [9.17, 15) is 14.0 Å². The number of rotatable bonds is 4. The van der Waals surface area contributed by atoms with Gasteiger partial charge >= 0.3 is 0 Å². The van der Waals surface area contributed by atoms with Gasteiger partial charge in [-0.05, 0) is 43.9 Å². The van der Waals surface area contributed by atoms with Gasteiger partial charge in [0.15, 0.2) is 5.78 Å². The topological polar surface area (TPSA) is 85.1 Å². The van der Waals surface area contributed by atoms with Crippen molar-refractivity contribution in [2.45, 2.75) is 31.7 Å². The van der Waals surface area contributed by atoms with Crippen LogP contribution in [0.4, 0.5) is 4.39 Å². The Morgan fingerprint density at radius 2 is 2.24 bits per heavy atom. The van der Waals surface area contributed by atoms with Gasteiger partial charge in [0.2, 0.25) is 11.9 Å². The van der Waals surface area contributed by atoms with Gasteiger partial charge in [0.25, 0.3) is 0 Å². The summed E-state index contributed by atoms with van der Waals surface area (Å²) in [6.45, 7) is 2.53. The van der Waals surface area contributed by atoms with Crippen LogP contribution < -0.4 is 11.1 Å². The summed E-state index contributed by atoms with van der Waals surface area (Å²) in [5.74, 6) is -1.22. The third kappa shape index (κ3) is 2.05. The number of Topliss-reactive ketones (excluding diaryl/α,β-unsaturated/α-hetero) is 1. The van der Waals surface area contributed by atoms with Gasteiger partial charge in [0, 0.05) is 11.8 Å². The molecule has 1 aliphatic carbocycles. The fourth-order valence-corrected chi connectivity index (χ4v) is 3.54. The van der Waals surface area contributed by atoms with Gasteiger partial charge in [-0.2, -0.15) is 4.39 Å². The standard InChI is InChI=1S/C15H18FN3O2/c1-14(13(17)21)7-10(14)15(5-2-6-19-15)12(20)9-3-4-11(16)18-8-9/h3-4,8,10,19H,2,5-7H2,1H3,(H2,17,21). The zero-order chi connectivity index (χ0) is 15.3. The number of pyridine rings is 1. The Hall–Kier alpha value is -1.82. The highest BCUT2D eigenvalue weighted by molar-refractivity contribution is 6.04. The number of ketones is 1. The third-order valence-electron chi connectivity index (χ3n) is 4.98. The fraction of sp³-hybridized carbons (Fsp3) is 0.533. The lowest BCUT2D eigenvalue weighted by Crippen LogP contribution is -2.52. The van der Waals surface area contributed by atoms with Crippen LogP contribution in [-0.4, -0.2) is 28.8 Å². The lowest BCUT2D eigenvalue weighted by molar-refractivity contribution is -0.123. The quantitative estimate of drug-likeness (QED) is 0.641. The van der Waals surface area contributed by atoms with E-state index in [1.807, 2.05) is 0 Å². The molecule has 3 rings (SSSR count). The number of nitrogens with two attached hydrogens (primary N) is 1. The Kier molecular flexibility index (Phi) is 3.09. The van der Waals surface area contributed by atoms with Gasteiger partial charge in [-0.25, -0.2) is 4.98 Å². The minimum absolute atomic E-state index is 0.109. The maximum absolute atomic E-state index is 12.9. The molecule has 1 saturated heterocycles. The highest BCUT2D eigenvalue weighted by atomic mass is 19.1. The Morgan fingerprint density at radius 1 is 1.48 bits per heavy atom. The maximum atomic E-state index is 12.9. The van der Waals surface area contributed by atoms with E-state index >= 15 is 0 Å². The first-order valence-corrected chi connectivity index (χ1v) is 7.11. The number of hydrogen-bond acceptors (Lipinski definition) is 4. The lowest BCUT2D eigenvalue weighted by atomic mass is 9.80. The van der Waals surface area contributed by atoms with Crippen molar-refractivity contribution >= 4 is 11.7 Å². The van der Waals surface area contributed by atoms with Crippen molar-refractivity contribution in [2.75, 3.05) is 6.54 Å². The summed E-state index contributed by atoms with van der Waals surface area (Å²) >= 11 is 0. The molecule has 2 fully saturated rings. The molecule has 1 aromatic rings. The zero-order valence-corrected chi connectivity index (χ0v) is 11.9. The van der Waals surface area contributed by atoms with E-state index < -0.39 is 16.9 Å². The molecule has 112 valence electrons. The van der Waals surface area contributed by atoms with Crippen molar-refractivity contribution < 1.29 is 14.0 Å². The average molecular weight is 291 g/mol. The summed E-state index contributed by atoms with van der Waals surface area (Å²) in [7, 11) is 0. The summed E-state index contributed by atoms with van der Waals surface area (Å²) in [6, 6.07) is 2.62. The van der Waals surface area contributed by atoms with Gasteiger partial charge in [-0.3, -0.25) is 9.59 Å². The summed E-state index contributed by atoms with van der Waals surface area (Å²) in [5.41, 5.74) is 4.42. The molecule has 1 aliphatic heterocycles. The normalized spacial score (nSPS) is 34.7. The summed E-state index contributed by atoms with van der Waals surface area (Å²) in [6.07, 6.45) is 3.39. The van der Waals surface area contributed by atoms with E-state index in [4.69, 9.17) is 5.73 Å². The van der Waals surface area contributed by atoms with E-state index in [1.165, 1.54) is 18.3 Å². The number of primary amides is 1. The van der Waals surface area contributed by atoms with Crippen molar-refractivity contribution in [2.24, 2.45) is 17.1 Å². The molecule has 2 aliphatic rings. The first kappa shape index (κ1) is 14.1. The Labute approximate surface area is 122 Å². The van der Waals surface area contributed by atoms with E-state index in [1.54, 1.807) is 6.92 Å². The molecule has 2 heterocycles. The molecule has 3 N–H and O–H groups in total. The molecule has 0 spiro atoms. The molecule has 0 aromatic carbocycles. The molecular formula is C15H18FN3O2. The van der Waals surface area contributed by atoms with Gasteiger partial charge in [0.1, 0.15) is 0 Å². The van der Waals surface area contributed by atoms with Crippen LogP contribution in [-0.2, 0) is 4.79 Å². The predicted octanol–water partition coefficient (Wildman–Crippen LogP) is 1.04. The summed E-state index contributed by atoms with van der Waals surface area (Å²) < 4.78 is 12.9. The second kappa shape index (κ2) is 4.59. The maximum Gasteiger partial charge on any atom is 0.223 e. The third-order valence-corrected chi connectivity index (χ3v) is 4.98. The van der Waals surface area contributed by atoms with Crippen molar-refractivity contribution in [3.8, 4) is 0 Å². The van der Waals surface area contributed by atoms with Gasteiger partial charge < -0.3 is 11.1 Å². The number of carbonyl (C=O) groups is 2. The molecule has 3 atom stereocenters. The molecule has 0 radical (unpaired) electrons. The number of halogens is 1. The van der Waals surface area contributed by atoms with Crippen molar-refractivity contribution in [3.63, 3.8) is 0 Å². The van der Waals surface area contributed by atoms with Crippen LogP contribution >= 0.6 is 0 Å². The molecule has 6 heteroatoms. The summed E-state index contributed by atoms with van der Waals surface area (Å²) in [5, 5.41) is 3.28. The van der Waals surface area contributed by atoms with Crippen LogP contribution in [0.3, 0.4) is 0 Å². The average Bonchev–Trinajstić information content (AvgIpc) is 2.96. The molecule has 1 aromatic heterocycles. The number of amides is 1. The van der Waals surface area contributed by atoms with E-state index in [-0.39, 0.29) is 17.6 Å². The first-order chi connectivity index (χ1) is 9.90. The first-order valence-electron chi connectivity index (χ1n) is 7.11. The molecule has 21 heavy (non-hydrogen) atoms. The molecule has 3 unspecified atom stereocenters. The van der Waals surface area contributed by atoms with Crippen LogP contribution in [0, 0.1) is 17.3 Å². The summed E-state index contributed by atoms with van der Waals surface area (Å²) in [4.78, 5) is 28.1. The Bertz CT molecular complexity index is 595. The Morgan fingerprint density at radius 3 is 2.71 bits per heavy atom. The molecule has 0 bridgehead atoms. The van der Waals surface area contributed by atoms with E-state index in [0.717, 1.165) is 13.0 Å². The number of aromatic nitrogens is 1. The minimum Gasteiger partial charge on any atom is -0.369 e. The number of nitrogens with zero attached hydrogens (tertiary/aromatic N) is 1.